The number of anilines is 3. The van der Waals surface area contributed by atoms with Crippen LogP contribution in [0.15, 0.2) is 73.6 Å². The van der Waals surface area contributed by atoms with Crippen LogP contribution in [0.5, 0.6) is 0 Å². The number of halogens is 1. The SMILES string of the molecule is C=CC(=O)Nc1cccc(-c2c(F)ccc3cnc(Nc4ccc([C@@]5(CO)CNCCO5)nc4)nc23)c1. The Bertz CT molecular complexity index is 1450. The first-order valence-electron chi connectivity index (χ1n) is 11.7. The van der Waals surface area contributed by atoms with Gasteiger partial charge in [0.2, 0.25) is 11.9 Å². The minimum Gasteiger partial charge on any atom is -0.393 e. The molecular weight excluding hydrogens is 475 g/mol. The van der Waals surface area contributed by atoms with Crippen LogP contribution in [-0.4, -0.2) is 52.3 Å². The van der Waals surface area contributed by atoms with Crippen LogP contribution in [0.25, 0.3) is 22.0 Å². The summed E-state index contributed by atoms with van der Waals surface area (Å²) in [5.74, 6) is -0.552. The second-order valence-corrected chi connectivity index (χ2v) is 8.56. The van der Waals surface area contributed by atoms with E-state index in [4.69, 9.17) is 4.74 Å². The molecule has 1 fully saturated rings. The number of hydrogen-bond donors (Lipinski definition) is 4. The number of ether oxygens (including phenoxy) is 1. The van der Waals surface area contributed by atoms with Crippen molar-refractivity contribution < 1.29 is 19.0 Å². The van der Waals surface area contributed by atoms with Gasteiger partial charge in [0, 0.05) is 35.9 Å². The Morgan fingerprint density at radius 2 is 2.08 bits per heavy atom. The zero-order valence-corrected chi connectivity index (χ0v) is 19.9. The number of pyridine rings is 1. The monoisotopic (exact) mass is 500 g/mol. The summed E-state index contributed by atoms with van der Waals surface area (Å²) < 4.78 is 20.9. The lowest BCUT2D eigenvalue weighted by atomic mass is 9.98. The van der Waals surface area contributed by atoms with Crippen LogP contribution in [0.1, 0.15) is 5.69 Å². The lowest BCUT2D eigenvalue weighted by Gasteiger charge is -2.35. The molecule has 1 amide bonds. The maximum absolute atomic E-state index is 15.1. The quantitative estimate of drug-likeness (QED) is 0.285. The number of aliphatic hydroxyl groups excluding tert-OH is 1. The van der Waals surface area contributed by atoms with Gasteiger partial charge in [-0.15, -0.1) is 0 Å². The van der Waals surface area contributed by atoms with Gasteiger partial charge >= 0.3 is 0 Å². The van der Waals surface area contributed by atoms with E-state index < -0.39 is 11.4 Å². The third-order valence-electron chi connectivity index (χ3n) is 6.12. The Morgan fingerprint density at radius 3 is 2.81 bits per heavy atom. The molecule has 188 valence electrons. The molecule has 0 radical (unpaired) electrons. The Kier molecular flexibility index (Phi) is 6.87. The van der Waals surface area contributed by atoms with Gasteiger partial charge in [0.15, 0.2) is 0 Å². The number of hydrogen-bond acceptors (Lipinski definition) is 8. The van der Waals surface area contributed by atoms with Crippen LogP contribution < -0.4 is 16.0 Å². The van der Waals surface area contributed by atoms with E-state index in [0.717, 1.165) is 6.54 Å². The molecule has 0 saturated carbocycles. The van der Waals surface area contributed by atoms with Crippen LogP contribution in [0.4, 0.5) is 21.7 Å². The third-order valence-corrected chi connectivity index (χ3v) is 6.12. The highest BCUT2D eigenvalue weighted by molar-refractivity contribution is 6.00. The van der Waals surface area contributed by atoms with E-state index >= 15 is 4.39 Å². The molecule has 9 nitrogen and oxygen atoms in total. The molecule has 2 aromatic carbocycles. The zero-order chi connectivity index (χ0) is 25.8. The number of carbonyl (C=O) groups is 1. The minimum atomic E-state index is -0.887. The summed E-state index contributed by atoms with van der Waals surface area (Å²) in [6.07, 6.45) is 4.39. The second-order valence-electron chi connectivity index (χ2n) is 8.56. The normalized spacial score (nSPS) is 17.4. The number of morpholine rings is 1. The summed E-state index contributed by atoms with van der Waals surface area (Å²) in [5.41, 5.74) is 2.11. The number of aliphatic hydroxyl groups is 1. The molecule has 0 bridgehead atoms. The minimum absolute atomic E-state index is 0.194. The van der Waals surface area contributed by atoms with Crippen molar-refractivity contribution in [3.8, 4) is 11.1 Å². The predicted octanol–water partition coefficient (Wildman–Crippen LogP) is 3.51. The van der Waals surface area contributed by atoms with Crippen molar-refractivity contribution in [2.24, 2.45) is 0 Å². The van der Waals surface area contributed by atoms with E-state index in [1.165, 1.54) is 12.1 Å². The molecule has 0 spiro atoms. The van der Waals surface area contributed by atoms with E-state index in [2.05, 4.69) is 37.5 Å². The Morgan fingerprint density at radius 1 is 1.19 bits per heavy atom. The summed E-state index contributed by atoms with van der Waals surface area (Å²) in [7, 11) is 0. The second kappa shape index (κ2) is 10.4. The van der Waals surface area contributed by atoms with Crippen LogP contribution in [0.2, 0.25) is 0 Å². The molecule has 10 heteroatoms. The maximum atomic E-state index is 15.1. The predicted molar refractivity (Wildman–Crippen MR) is 139 cm³/mol. The van der Waals surface area contributed by atoms with Crippen LogP contribution in [-0.2, 0) is 15.1 Å². The van der Waals surface area contributed by atoms with E-state index in [9.17, 15) is 9.90 Å². The molecule has 1 saturated heterocycles. The number of carbonyl (C=O) groups excluding carboxylic acids is 1. The number of amides is 1. The third kappa shape index (κ3) is 5.03. The van der Waals surface area contributed by atoms with Crippen molar-refractivity contribution in [1.29, 1.82) is 0 Å². The number of aromatic nitrogens is 3. The Labute approximate surface area is 212 Å². The largest absolute Gasteiger partial charge is 0.393 e. The Hall–Kier alpha value is -4.25. The van der Waals surface area contributed by atoms with E-state index in [0.29, 0.717) is 46.7 Å². The molecule has 37 heavy (non-hydrogen) atoms. The van der Waals surface area contributed by atoms with E-state index in [-0.39, 0.29) is 24.0 Å². The van der Waals surface area contributed by atoms with Crippen molar-refractivity contribution in [2.75, 3.05) is 36.9 Å². The number of benzene rings is 2. The fraction of sp³-hybridized carbons (Fsp3) is 0.185. The van der Waals surface area contributed by atoms with Gasteiger partial charge in [-0.05, 0) is 48.0 Å². The molecule has 1 atom stereocenters. The number of fused-ring (bicyclic) bond motifs is 1. The van der Waals surface area contributed by atoms with Crippen LogP contribution in [0.3, 0.4) is 0 Å². The molecule has 3 heterocycles. The number of rotatable bonds is 7. The van der Waals surface area contributed by atoms with Crippen LogP contribution >= 0.6 is 0 Å². The molecular formula is C27H25FN6O3. The molecule has 1 aliphatic rings. The van der Waals surface area contributed by atoms with Gasteiger partial charge in [-0.2, -0.15) is 0 Å². The fourth-order valence-corrected chi connectivity index (χ4v) is 4.23. The first kappa shape index (κ1) is 24.4. The summed E-state index contributed by atoms with van der Waals surface area (Å²) in [5, 5.41) is 19.6. The van der Waals surface area contributed by atoms with Crippen molar-refractivity contribution in [3.05, 3.63) is 85.1 Å². The summed E-state index contributed by atoms with van der Waals surface area (Å²) in [4.78, 5) is 25.1. The molecule has 4 aromatic rings. The Balaban J connectivity index is 1.46. The summed E-state index contributed by atoms with van der Waals surface area (Å²) >= 11 is 0. The van der Waals surface area contributed by atoms with Crippen molar-refractivity contribution in [1.82, 2.24) is 20.3 Å². The summed E-state index contributed by atoms with van der Waals surface area (Å²) in [6.45, 7) is 4.92. The molecule has 4 N–H and O–H groups in total. The average Bonchev–Trinajstić information content (AvgIpc) is 2.93. The van der Waals surface area contributed by atoms with Gasteiger partial charge in [-0.1, -0.05) is 18.7 Å². The first-order valence-corrected chi connectivity index (χ1v) is 11.7. The van der Waals surface area contributed by atoms with Gasteiger partial charge in [0.25, 0.3) is 0 Å². The first-order chi connectivity index (χ1) is 18.0. The smallest absolute Gasteiger partial charge is 0.247 e. The van der Waals surface area contributed by atoms with Gasteiger partial charge < -0.3 is 25.8 Å². The number of nitrogens with zero attached hydrogens (tertiary/aromatic N) is 3. The summed E-state index contributed by atoms with van der Waals surface area (Å²) in [6, 6.07) is 13.4. The van der Waals surface area contributed by atoms with E-state index in [1.54, 1.807) is 54.9 Å². The standard InChI is InChI=1S/C27H25FN6O3/c1-2-23(36)32-19-5-3-4-17(12-19)24-21(28)8-6-18-13-31-26(34-25(18)24)33-20-7-9-22(30-14-20)27(16-35)15-29-10-11-37-27/h2-9,12-14,29,35H,1,10-11,15-16H2,(H,32,36)(H,31,33,34)/t27-/m0/s1. The van der Waals surface area contributed by atoms with Gasteiger partial charge in [0.1, 0.15) is 11.4 Å². The highest BCUT2D eigenvalue weighted by Gasteiger charge is 2.36. The molecule has 0 aliphatic carbocycles. The molecule has 5 rings (SSSR count). The molecule has 1 aliphatic heterocycles. The van der Waals surface area contributed by atoms with Crippen molar-refractivity contribution in [2.45, 2.75) is 5.60 Å². The van der Waals surface area contributed by atoms with Crippen molar-refractivity contribution in [3.63, 3.8) is 0 Å². The van der Waals surface area contributed by atoms with Gasteiger partial charge in [-0.25, -0.2) is 14.4 Å². The zero-order valence-electron chi connectivity index (χ0n) is 19.9. The lowest BCUT2D eigenvalue weighted by Crippen LogP contribution is -2.50. The van der Waals surface area contributed by atoms with Crippen molar-refractivity contribution >= 4 is 34.1 Å². The molecule has 0 unspecified atom stereocenters. The highest BCUT2D eigenvalue weighted by Crippen LogP contribution is 2.32. The lowest BCUT2D eigenvalue weighted by molar-refractivity contribution is -0.111. The topological polar surface area (TPSA) is 121 Å². The van der Waals surface area contributed by atoms with Gasteiger partial charge in [0.05, 0.1) is 36.3 Å². The highest BCUT2D eigenvalue weighted by atomic mass is 19.1. The van der Waals surface area contributed by atoms with Gasteiger partial charge in [-0.3, -0.25) is 9.78 Å². The van der Waals surface area contributed by atoms with Crippen LogP contribution in [0, 0.1) is 5.82 Å². The van der Waals surface area contributed by atoms with E-state index in [1.807, 2.05) is 0 Å². The molecule has 2 aromatic heterocycles. The average molecular weight is 501 g/mol. The number of nitrogens with one attached hydrogen (secondary N) is 3. The maximum Gasteiger partial charge on any atom is 0.247 e. The fourth-order valence-electron chi connectivity index (χ4n) is 4.23.